The molecule has 1 aromatic carbocycles. The minimum Gasteiger partial charge on any atom is -0.481 e. The summed E-state index contributed by atoms with van der Waals surface area (Å²) >= 11 is 3.35. The first-order valence-electron chi connectivity index (χ1n) is 5.24. The molecule has 2 unspecified atom stereocenters. The van der Waals surface area contributed by atoms with E-state index in [1.165, 1.54) is 4.90 Å². The lowest BCUT2D eigenvalue weighted by Crippen LogP contribution is -2.26. The second-order valence-electron chi connectivity index (χ2n) is 4.15. The van der Waals surface area contributed by atoms with Crippen molar-refractivity contribution >= 4 is 27.8 Å². The lowest BCUT2D eigenvalue weighted by atomic mass is 9.94. The summed E-state index contributed by atoms with van der Waals surface area (Å²) in [6.45, 7) is 0. The quantitative estimate of drug-likeness (QED) is 0.909. The number of benzene rings is 1. The van der Waals surface area contributed by atoms with E-state index in [1.54, 1.807) is 7.05 Å². The standard InChI is InChI=1S/C12H12BrNO3/c1-14-10(15)6-9(12(16)17)11(14)7-3-2-4-8(13)5-7/h2-5,9,11H,6H2,1H3,(H,16,17). The largest absolute Gasteiger partial charge is 0.481 e. The molecule has 17 heavy (non-hydrogen) atoms. The molecule has 5 heteroatoms. The van der Waals surface area contributed by atoms with Crippen LogP contribution in [-0.4, -0.2) is 28.9 Å². The number of likely N-dealkylation sites (tertiary alicyclic amines) is 1. The van der Waals surface area contributed by atoms with Crippen LogP contribution in [0.2, 0.25) is 0 Å². The van der Waals surface area contributed by atoms with Crippen LogP contribution in [-0.2, 0) is 9.59 Å². The fourth-order valence-electron chi connectivity index (χ4n) is 2.24. The molecular weight excluding hydrogens is 286 g/mol. The van der Waals surface area contributed by atoms with Gasteiger partial charge >= 0.3 is 5.97 Å². The van der Waals surface area contributed by atoms with E-state index in [2.05, 4.69) is 15.9 Å². The van der Waals surface area contributed by atoms with Crippen LogP contribution in [0.5, 0.6) is 0 Å². The number of halogens is 1. The maximum absolute atomic E-state index is 11.6. The Morgan fingerprint density at radius 3 is 2.82 bits per heavy atom. The molecule has 1 heterocycles. The van der Waals surface area contributed by atoms with Gasteiger partial charge in [0, 0.05) is 17.9 Å². The van der Waals surface area contributed by atoms with Crippen LogP contribution in [0.25, 0.3) is 0 Å². The molecule has 1 amide bonds. The van der Waals surface area contributed by atoms with Crippen molar-refractivity contribution in [1.29, 1.82) is 0 Å². The van der Waals surface area contributed by atoms with Gasteiger partial charge in [0.1, 0.15) is 0 Å². The number of amides is 1. The molecule has 1 aliphatic rings. The molecule has 1 N–H and O–H groups in total. The Bertz CT molecular complexity index is 475. The van der Waals surface area contributed by atoms with Gasteiger partial charge in [-0.2, -0.15) is 0 Å². The second kappa shape index (κ2) is 4.49. The maximum atomic E-state index is 11.6. The van der Waals surface area contributed by atoms with Crippen molar-refractivity contribution < 1.29 is 14.7 Å². The third-order valence-electron chi connectivity index (χ3n) is 3.09. The minimum atomic E-state index is -0.923. The Kier molecular flexibility index (Phi) is 3.19. The molecule has 0 aromatic heterocycles. The highest BCUT2D eigenvalue weighted by atomic mass is 79.9. The van der Waals surface area contributed by atoms with Gasteiger partial charge in [0.05, 0.1) is 12.0 Å². The predicted molar refractivity (Wildman–Crippen MR) is 65.4 cm³/mol. The highest BCUT2D eigenvalue weighted by Gasteiger charge is 2.42. The molecular formula is C12H12BrNO3. The van der Waals surface area contributed by atoms with Crippen molar-refractivity contribution in [2.75, 3.05) is 7.05 Å². The van der Waals surface area contributed by atoms with Crippen molar-refractivity contribution in [3.8, 4) is 0 Å². The molecule has 2 rings (SSSR count). The first kappa shape index (κ1) is 12.1. The monoisotopic (exact) mass is 297 g/mol. The molecule has 1 fully saturated rings. The Hall–Kier alpha value is -1.36. The number of carbonyl (C=O) groups is 2. The van der Waals surface area contributed by atoms with Gasteiger partial charge in [0.15, 0.2) is 0 Å². The summed E-state index contributed by atoms with van der Waals surface area (Å²) in [7, 11) is 1.65. The number of aliphatic carboxylic acids is 1. The van der Waals surface area contributed by atoms with Gasteiger partial charge in [-0.05, 0) is 17.7 Å². The van der Waals surface area contributed by atoms with Gasteiger partial charge in [-0.1, -0.05) is 28.1 Å². The topological polar surface area (TPSA) is 57.6 Å². The van der Waals surface area contributed by atoms with Gasteiger partial charge in [0.25, 0.3) is 0 Å². The average Bonchev–Trinajstić information content (AvgIpc) is 2.56. The zero-order valence-corrected chi connectivity index (χ0v) is 10.8. The zero-order chi connectivity index (χ0) is 12.6. The summed E-state index contributed by atoms with van der Waals surface area (Å²) in [5.74, 6) is -1.71. The summed E-state index contributed by atoms with van der Waals surface area (Å²) in [6, 6.07) is 7.04. The van der Waals surface area contributed by atoms with Gasteiger partial charge in [-0.25, -0.2) is 0 Å². The van der Waals surface area contributed by atoms with Crippen molar-refractivity contribution in [1.82, 2.24) is 4.90 Å². The van der Waals surface area contributed by atoms with Crippen LogP contribution in [0.1, 0.15) is 18.0 Å². The number of nitrogens with zero attached hydrogens (tertiary/aromatic N) is 1. The number of hydrogen-bond donors (Lipinski definition) is 1. The Morgan fingerprint density at radius 2 is 2.24 bits per heavy atom. The van der Waals surface area contributed by atoms with E-state index < -0.39 is 11.9 Å². The molecule has 0 aliphatic carbocycles. The fraction of sp³-hybridized carbons (Fsp3) is 0.333. The molecule has 4 nitrogen and oxygen atoms in total. The van der Waals surface area contributed by atoms with E-state index in [1.807, 2.05) is 24.3 Å². The first-order valence-corrected chi connectivity index (χ1v) is 6.04. The van der Waals surface area contributed by atoms with Crippen molar-refractivity contribution in [2.24, 2.45) is 5.92 Å². The number of carboxylic acid groups (broad SMARTS) is 1. The molecule has 90 valence electrons. The molecule has 2 atom stereocenters. The van der Waals surface area contributed by atoms with E-state index in [0.29, 0.717) is 0 Å². The third kappa shape index (κ3) is 2.20. The SMILES string of the molecule is CN1C(=O)CC(C(=O)O)C1c1cccc(Br)c1. The van der Waals surface area contributed by atoms with E-state index in [9.17, 15) is 9.59 Å². The molecule has 1 saturated heterocycles. The van der Waals surface area contributed by atoms with Gasteiger partial charge < -0.3 is 10.0 Å². The summed E-state index contributed by atoms with van der Waals surface area (Å²) in [5, 5.41) is 9.16. The molecule has 0 spiro atoms. The Labute approximate surface area is 107 Å². The van der Waals surface area contributed by atoms with Crippen LogP contribution in [0.3, 0.4) is 0 Å². The molecule has 0 saturated carbocycles. The van der Waals surface area contributed by atoms with Crippen molar-refractivity contribution in [2.45, 2.75) is 12.5 Å². The normalized spacial score (nSPS) is 24.1. The molecule has 0 bridgehead atoms. The van der Waals surface area contributed by atoms with Gasteiger partial charge in [-0.3, -0.25) is 9.59 Å². The minimum absolute atomic E-state index is 0.0724. The highest BCUT2D eigenvalue weighted by Crippen LogP contribution is 2.37. The van der Waals surface area contributed by atoms with Crippen LogP contribution < -0.4 is 0 Å². The van der Waals surface area contributed by atoms with Crippen molar-refractivity contribution in [3.63, 3.8) is 0 Å². The Morgan fingerprint density at radius 1 is 1.53 bits per heavy atom. The van der Waals surface area contributed by atoms with Gasteiger partial charge in [0.2, 0.25) is 5.91 Å². The zero-order valence-electron chi connectivity index (χ0n) is 9.26. The lowest BCUT2D eigenvalue weighted by molar-refractivity contribution is -0.142. The number of carboxylic acids is 1. The van der Waals surface area contributed by atoms with Crippen LogP contribution >= 0.6 is 15.9 Å². The number of rotatable bonds is 2. The summed E-state index contributed by atoms with van der Waals surface area (Å²) in [6.07, 6.45) is 0.0724. The van der Waals surface area contributed by atoms with E-state index in [-0.39, 0.29) is 18.4 Å². The van der Waals surface area contributed by atoms with Crippen LogP contribution in [0, 0.1) is 5.92 Å². The predicted octanol–water partition coefficient (Wildman–Crippen LogP) is 2.05. The Balaban J connectivity index is 2.40. The van der Waals surface area contributed by atoms with E-state index in [0.717, 1.165) is 10.0 Å². The lowest BCUT2D eigenvalue weighted by Gasteiger charge is -2.23. The maximum Gasteiger partial charge on any atom is 0.309 e. The van der Waals surface area contributed by atoms with Crippen molar-refractivity contribution in [3.05, 3.63) is 34.3 Å². The third-order valence-corrected chi connectivity index (χ3v) is 3.59. The second-order valence-corrected chi connectivity index (χ2v) is 5.07. The molecule has 1 aromatic rings. The highest BCUT2D eigenvalue weighted by molar-refractivity contribution is 9.10. The van der Waals surface area contributed by atoms with Crippen LogP contribution in [0.4, 0.5) is 0 Å². The molecule has 1 aliphatic heterocycles. The fourth-order valence-corrected chi connectivity index (χ4v) is 2.65. The summed E-state index contributed by atoms with van der Waals surface area (Å²) in [5.41, 5.74) is 0.847. The van der Waals surface area contributed by atoms with E-state index >= 15 is 0 Å². The van der Waals surface area contributed by atoms with Gasteiger partial charge in [-0.15, -0.1) is 0 Å². The first-order chi connectivity index (χ1) is 8.00. The summed E-state index contributed by atoms with van der Waals surface area (Å²) < 4.78 is 0.881. The molecule has 0 radical (unpaired) electrons. The van der Waals surface area contributed by atoms with Crippen LogP contribution in [0.15, 0.2) is 28.7 Å². The smallest absolute Gasteiger partial charge is 0.309 e. The number of hydrogen-bond acceptors (Lipinski definition) is 2. The number of carbonyl (C=O) groups excluding carboxylic acids is 1. The average molecular weight is 298 g/mol. The van der Waals surface area contributed by atoms with E-state index in [4.69, 9.17) is 5.11 Å². The summed E-state index contributed by atoms with van der Waals surface area (Å²) in [4.78, 5) is 24.3.